The number of hydrogen-bond donors (Lipinski definition) is 1. The minimum atomic E-state index is 0.249. The van der Waals surface area contributed by atoms with E-state index >= 15 is 0 Å². The molecule has 0 bridgehead atoms. The van der Waals surface area contributed by atoms with Gasteiger partial charge in [0.2, 0.25) is 0 Å². The monoisotopic (exact) mass is 229 g/mol. The predicted octanol–water partition coefficient (Wildman–Crippen LogP) is 3.24. The summed E-state index contributed by atoms with van der Waals surface area (Å²) in [5.74, 6) is 0. The molecule has 1 nitrogen and oxygen atoms in total. The zero-order chi connectivity index (χ0) is 10.2. The van der Waals surface area contributed by atoms with Crippen LogP contribution in [0.4, 0.5) is 0 Å². The number of alkyl halides is 1. The molecule has 1 heterocycles. The lowest BCUT2D eigenvalue weighted by atomic mass is 9.67. The Bertz CT molecular complexity index is 294. The van der Waals surface area contributed by atoms with Crippen LogP contribution in [0, 0.1) is 5.41 Å². The van der Waals surface area contributed by atoms with Gasteiger partial charge < -0.3 is 5.32 Å². The van der Waals surface area contributed by atoms with Crippen molar-refractivity contribution in [2.24, 2.45) is 5.41 Å². The summed E-state index contributed by atoms with van der Waals surface area (Å²) in [6, 6.07) is 4.84. The molecule has 2 rings (SSSR count). The highest BCUT2D eigenvalue weighted by Crippen LogP contribution is 2.44. The molecule has 1 aromatic heterocycles. The first-order chi connectivity index (χ1) is 6.60. The van der Waals surface area contributed by atoms with Gasteiger partial charge in [0.25, 0.3) is 0 Å². The van der Waals surface area contributed by atoms with E-state index in [2.05, 4.69) is 36.7 Å². The third-order valence-electron chi connectivity index (χ3n) is 3.25. The van der Waals surface area contributed by atoms with Crippen molar-refractivity contribution < 1.29 is 0 Å². The summed E-state index contributed by atoms with van der Waals surface area (Å²) in [6.07, 6.45) is 1.10. The fraction of sp³-hybridized carbons (Fsp3) is 0.636. The van der Waals surface area contributed by atoms with Gasteiger partial charge in [-0.3, -0.25) is 0 Å². The van der Waals surface area contributed by atoms with Crippen molar-refractivity contribution in [3.63, 3.8) is 0 Å². The lowest BCUT2D eigenvalue weighted by molar-refractivity contribution is 0.116. The quantitative estimate of drug-likeness (QED) is 0.785. The van der Waals surface area contributed by atoms with E-state index in [1.54, 1.807) is 11.3 Å². The molecule has 0 amide bonds. The summed E-state index contributed by atoms with van der Waals surface area (Å²) in [5.41, 5.74) is 0.249. The maximum atomic E-state index is 6.16. The number of hydrogen-bond acceptors (Lipinski definition) is 2. The fourth-order valence-corrected chi connectivity index (χ4v) is 2.84. The predicted molar refractivity (Wildman–Crippen MR) is 63.0 cm³/mol. The molecule has 14 heavy (non-hydrogen) atoms. The van der Waals surface area contributed by atoms with Gasteiger partial charge in [0.15, 0.2) is 0 Å². The SMILES string of the molecule is CC1(C)C(Cl)CC1NCc1cccs1. The average Bonchev–Trinajstić information content (AvgIpc) is 2.64. The Labute approximate surface area is 94.5 Å². The Kier molecular flexibility index (Phi) is 2.87. The molecule has 1 aliphatic rings. The second kappa shape index (κ2) is 3.84. The van der Waals surface area contributed by atoms with E-state index in [9.17, 15) is 0 Å². The molecule has 0 radical (unpaired) electrons. The summed E-state index contributed by atoms with van der Waals surface area (Å²) in [7, 11) is 0. The first-order valence-electron chi connectivity index (χ1n) is 5.00. The van der Waals surface area contributed by atoms with Crippen LogP contribution in [0.2, 0.25) is 0 Å². The van der Waals surface area contributed by atoms with Gasteiger partial charge in [-0.05, 0) is 23.3 Å². The number of nitrogens with one attached hydrogen (secondary N) is 1. The van der Waals surface area contributed by atoms with Gasteiger partial charge in [-0.2, -0.15) is 0 Å². The lowest BCUT2D eigenvalue weighted by Crippen LogP contribution is -2.57. The standard InChI is InChI=1S/C11H16ClNS/c1-11(2)9(12)6-10(11)13-7-8-4-3-5-14-8/h3-5,9-10,13H,6-7H2,1-2H3. The Morgan fingerprint density at radius 1 is 1.64 bits per heavy atom. The van der Waals surface area contributed by atoms with Gasteiger partial charge in [-0.15, -0.1) is 22.9 Å². The summed E-state index contributed by atoms with van der Waals surface area (Å²) in [4.78, 5) is 1.40. The van der Waals surface area contributed by atoms with Crippen LogP contribution < -0.4 is 5.32 Å². The van der Waals surface area contributed by atoms with Gasteiger partial charge in [-0.25, -0.2) is 0 Å². The normalized spacial score (nSPS) is 29.9. The third-order valence-corrected chi connectivity index (χ3v) is 4.87. The first-order valence-corrected chi connectivity index (χ1v) is 6.32. The molecule has 1 aromatic rings. The van der Waals surface area contributed by atoms with Gasteiger partial charge in [0.1, 0.15) is 0 Å². The highest BCUT2D eigenvalue weighted by Gasteiger charge is 2.46. The Balaban J connectivity index is 1.83. The first kappa shape index (κ1) is 10.5. The fourth-order valence-electron chi connectivity index (χ4n) is 1.86. The summed E-state index contributed by atoms with van der Waals surface area (Å²) in [5, 5.41) is 6.02. The summed E-state index contributed by atoms with van der Waals surface area (Å²) >= 11 is 7.96. The topological polar surface area (TPSA) is 12.0 Å². The van der Waals surface area contributed by atoms with E-state index in [0.717, 1.165) is 13.0 Å². The van der Waals surface area contributed by atoms with Crippen molar-refractivity contribution in [1.82, 2.24) is 5.32 Å². The minimum Gasteiger partial charge on any atom is -0.308 e. The average molecular weight is 230 g/mol. The van der Waals surface area contributed by atoms with Crippen molar-refractivity contribution in [2.45, 2.75) is 38.2 Å². The smallest absolute Gasteiger partial charge is 0.0416 e. The zero-order valence-electron chi connectivity index (χ0n) is 8.59. The summed E-state index contributed by atoms with van der Waals surface area (Å²) < 4.78 is 0. The van der Waals surface area contributed by atoms with E-state index in [1.807, 2.05) is 0 Å². The Hall–Kier alpha value is -0.0500. The van der Waals surface area contributed by atoms with Crippen LogP contribution in [0.15, 0.2) is 17.5 Å². The molecule has 0 spiro atoms. The van der Waals surface area contributed by atoms with Crippen LogP contribution in [-0.2, 0) is 6.54 Å². The molecular weight excluding hydrogens is 214 g/mol. The van der Waals surface area contributed by atoms with Crippen LogP contribution in [0.25, 0.3) is 0 Å². The zero-order valence-corrected chi connectivity index (χ0v) is 10.2. The van der Waals surface area contributed by atoms with Gasteiger partial charge in [-0.1, -0.05) is 19.9 Å². The molecule has 2 atom stereocenters. The number of rotatable bonds is 3. The highest BCUT2D eigenvalue weighted by atomic mass is 35.5. The number of halogens is 1. The Morgan fingerprint density at radius 3 is 2.93 bits per heavy atom. The van der Waals surface area contributed by atoms with Crippen LogP contribution >= 0.6 is 22.9 Å². The molecule has 2 unspecified atom stereocenters. The van der Waals surface area contributed by atoms with E-state index in [0.29, 0.717) is 11.4 Å². The molecule has 1 N–H and O–H groups in total. The number of thiophene rings is 1. The Morgan fingerprint density at radius 2 is 2.43 bits per heavy atom. The van der Waals surface area contributed by atoms with Crippen LogP contribution in [0.1, 0.15) is 25.1 Å². The molecule has 1 fully saturated rings. The van der Waals surface area contributed by atoms with Gasteiger partial charge >= 0.3 is 0 Å². The minimum absolute atomic E-state index is 0.249. The van der Waals surface area contributed by atoms with Crippen LogP contribution in [0.5, 0.6) is 0 Å². The summed E-state index contributed by atoms with van der Waals surface area (Å²) in [6.45, 7) is 5.45. The van der Waals surface area contributed by atoms with E-state index in [-0.39, 0.29) is 5.41 Å². The molecule has 0 aliphatic heterocycles. The third kappa shape index (κ3) is 1.83. The molecule has 78 valence electrons. The second-order valence-corrected chi connectivity index (χ2v) is 6.10. The molecular formula is C11H16ClNS. The van der Waals surface area contributed by atoms with Crippen molar-refractivity contribution in [1.29, 1.82) is 0 Å². The van der Waals surface area contributed by atoms with Crippen molar-refractivity contribution in [3.05, 3.63) is 22.4 Å². The van der Waals surface area contributed by atoms with Crippen LogP contribution in [-0.4, -0.2) is 11.4 Å². The largest absolute Gasteiger partial charge is 0.308 e. The van der Waals surface area contributed by atoms with E-state index < -0.39 is 0 Å². The molecule has 1 aliphatic carbocycles. The molecule has 0 saturated heterocycles. The van der Waals surface area contributed by atoms with E-state index in [4.69, 9.17) is 11.6 Å². The van der Waals surface area contributed by atoms with Gasteiger partial charge in [0.05, 0.1) is 0 Å². The highest BCUT2D eigenvalue weighted by molar-refractivity contribution is 7.09. The maximum absolute atomic E-state index is 6.16. The second-order valence-electron chi connectivity index (χ2n) is 4.54. The van der Waals surface area contributed by atoms with Gasteiger partial charge in [0, 0.05) is 22.8 Å². The van der Waals surface area contributed by atoms with Crippen molar-refractivity contribution in [3.8, 4) is 0 Å². The van der Waals surface area contributed by atoms with E-state index in [1.165, 1.54) is 4.88 Å². The molecule has 3 heteroatoms. The lowest BCUT2D eigenvalue weighted by Gasteiger charge is -2.49. The van der Waals surface area contributed by atoms with Crippen LogP contribution in [0.3, 0.4) is 0 Å². The molecule has 1 saturated carbocycles. The van der Waals surface area contributed by atoms with Crippen molar-refractivity contribution in [2.75, 3.05) is 0 Å². The van der Waals surface area contributed by atoms with Crippen molar-refractivity contribution >= 4 is 22.9 Å². The molecule has 0 aromatic carbocycles. The maximum Gasteiger partial charge on any atom is 0.0416 e.